The molecule has 0 spiro atoms. The van der Waals surface area contributed by atoms with Gasteiger partial charge in [0, 0.05) is 13.0 Å². The van der Waals surface area contributed by atoms with Crippen molar-refractivity contribution in [3.05, 3.63) is 53.6 Å². The van der Waals surface area contributed by atoms with Crippen LogP contribution in [0.3, 0.4) is 0 Å². The Labute approximate surface area is 208 Å². The van der Waals surface area contributed by atoms with Gasteiger partial charge in [0.05, 0.1) is 32.9 Å². The van der Waals surface area contributed by atoms with Crippen molar-refractivity contribution in [2.24, 2.45) is 11.8 Å². The van der Waals surface area contributed by atoms with E-state index in [2.05, 4.69) is 11.8 Å². The minimum Gasteiger partial charge on any atom is -0.493 e. The van der Waals surface area contributed by atoms with Crippen molar-refractivity contribution in [2.45, 2.75) is 39.7 Å². The molecular formula is C28H37NO6. The van der Waals surface area contributed by atoms with Gasteiger partial charge in [-0.25, -0.2) is 0 Å². The third-order valence-electron chi connectivity index (χ3n) is 6.63. The van der Waals surface area contributed by atoms with Crippen molar-refractivity contribution < 1.29 is 28.5 Å². The third-order valence-corrected chi connectivity index (χ3v) is 6.63. The van der Waals surface area contributed by atoms with Crippen molar-refractivity contribution in [3.63, 3.8) is 0 Å². The molecule has 0 unspecified atom stereocenters. The van der Waals surface area contributed by atoms with Crippen molar-refractivity contribution in [3.8, 4) is 17.2 Å². The van der Waals surface area contributed by atoms with Gasteiger partial charge in [-0.1, -0.05) is 43.7 Å². The number of likely N-dealkylation sites (tertiary alicyclic amines) is 1. The van der Waals surface area contributed by atoms with Gasteiger partial charge in [-0.05, 0) is 49.4 Å². The molecule has 1 fully saturated rings. The summed E-state index contributed by atoms with van der Waals surface area (Å²) in [6.07, 6.45) is 2.27. The molecule has 35 heavy (non-hydrogen) atoms. The van der Waals surface area contributed by atoms with Crippen molar-refractivity contribution >= 4 is 11.8 Å². The summed E-state index contributed by atoms with van der Waals surface area (Å²) < 4.78 is 22.3. The van der Waals surface area contributed by atoms with Crippen LogP contribution in [0.2, 0.25) is 0 Å². The maximum Gasteiger partial charge on any atom is 0.306 e. The van der Waals surface area contributed by atoms with Crippen LogP contribution in [-0.4, -0.2) is 57.1 Å². The number of hydrogen-bond acceptors (Lipinski definition) is 7. The molecule has 0 aromatic heterocycles. The van der Waals surface area contributed by atoms with Crippen LogP contribution in [0.15, 0.2) is 42.5 Å². The van der Waals surface area contributed by atoms with E-state index in [4.69, 9.17) is 18.9 Å². The quantitative estimate of drug-likeness (QED) is 0.318. The Bertz CT molecular complexity index is 977. The summed E-state index contributed by atoms with van der Waals surface area (Å²) in [4.78, 5) is 27.6. The highest BCUT2D eigenvalue weighted by molar-refractivity contribution is 6.01. The lowest BCUT2D eigenvalue weighted by atomic mass is 9.81. The van der Waals surface area contributed by atoms with E-state index in [9.17, 15) is 9.59 Å². The standard InChI is InChI=1S/C28H37NO6/c1-5-21-17-29(15-14-22(21)16-26(31)34-6-2)18-24(30)23-12-13-25(32-3)28(33-4)27(23)35-19-20-10-8-7-9-11-20/h7-13,21-22H,5-6,14-19H2,1-4H3/t21-,22+/m0/s1. The van der Waals surface area contributed by atoms with Gasteiger partial charge in [0.15, 0.2) is 17.3 Å². The zero-order valence-corrected chi connectivity index (χ0v) is 21.2. The molecule has 1 aliphatic heterocycles. The molecule has 0 amide bonds. The van der Waals surface area contributed by atoms with E-state index in [1.807, 2.05) is 37.3 Å². The first-order valence-electron chi connectivity index (χ1n) is 12.3. The fourth-order valence-electron chi connectivity index (χ4n) is 4.74. The molecule has 2 aromatic rings. The van der Waals surface area contributed by atoms with Crippen molar-refractivity contribution in [1.29, 1.82) is 0 Å². The SMILES string of the molecule is CCOC(=O)C[C@H]1CCN(CC(=O)c2ccc(OC)c(OC)c2OCc2ccccc2)C[C@@H]1CC. The maximum atomic E-state index is 13.5. The zero-order chi connectivity index (χ0) is 25.2. The van der Waals surface area contributed by atoms with E-state index in [1.54, 1.807) is 26.4 Å². The highest BCUT2D eigenvalue weighted by atomic mass is 16.5. The smallest absolute Gasteiger partial charge is 0.306 e. The molecule has 0 aliphatic carbocycles. The van der Waals surface area contributed by atoms with E-state index < -0.39 is 0 Å². The molecule has 2 atom stereocenters. The molecule has 1 heterocycles. The Morgan fingerprint density at radius 2 is 1.74 bits per heavy atom. The van der Waals surface area contributed by atoms with E-state index in [0.29, 0.717) is 48.4 Å². The number of ether oxygens (including phenoxy) is 4. The Kier molecular flexibility index (Phi) is 9.97. The molecule has 1 saturated heterocycles. The summed E-state index contributed by atoms with van der Waals surface area (Å²) in [5.74, 6) is 1.78. The predicted molar refractivity (Wildman–Crippen MR) is 134 cm³/mol. The van der Waals surface area contributed by atoms with E-state index in [0.717, 1.165) is 31.5 Å². The molecule has 7 heteroatoms. The van der Waals surface area contributed by atoms with Crippen LogP contribution >= 0.6 is 0 Å². The van der Waals surface area contributed by atoms with E-state index in [-0.39, 0.29) is 24.2 Å². The highest BCUT2D eigenvalue weighted by Gasteiger charge is 2.32. The van der Waals surface area contributed by atoms with Gasteiger partial charge >= 0.3 is 5.97 Å². The largest absolute Gasteiger partial charge is 0.493 e. The second kappa shape index (κ2) is 13.1. The van der Waals surface area contributed by atoms with Gasteiger partial charge in [-0.2, -0.15) is 0 Å². The minimum atomic E-state index is -0.133. The molecule has 0 radical (unpaired) electrons. The second-order valence-corrected chi connectivity index (χ2v) is 8.84. The number of piperidine rings is 1. The number of benzene rings is 2. The Hall–Kier alpha value is -3.06. The number of rotatable bonds is 12. The van der Waals surface area contributed by atoms with Gasteiger partial charge < -0.3 is 18.9 Å². The van der Waals surface area contributed by atoms with Gasteiger partial charge in [-0.15, -0.1) is 0 Å². The average molecular weight is 484 g/mol. The average Bonchev–Trinajstić information content (AvgIpc) is 2.88. The molecule has 0 N–H and O–H groups in total. The topological polar surface area (TPSA) is 74.3 Å². The zero-order valence-electron chi connectivity index (χ0n) is 21.2. The highest BCUT2D eigenvalue weighted by Crippen LogP contribution is 2.41. The Morgan fingerprint density at radius 3 is 2.40 bits per heavy atom. The number of hydrogen-bond donors (Lipinski definition) is 0. The number of carbonyl (C=O) groups is 2. The molecule has 0 bridgehead atoms. The monoisotopic (exact) mass is 483 g/mol. The lowest BCUT2D eigenvalue weighted by molar-refractivity contribution is -0.145. The number of esters is 1. The Morgan fingerprint density at radius 1 is 0.971 bits per heavy atom. The summed E-state index contributed by atoms with van der Waals surface area (Å²) in [7, 11) is 3.10. The van der Waals surface area contributed by atoms with Gasteiger partial charge in [0.1, 0.15) is 6.61 Å². The molecule has 0 saturated carbocycles. The summed E-state index contributed by atoms with van der Waals surface area (Å²) >= 11 is 0. The van der Waals surface area contributed by atoms with E-state index in [1.165, 1.54) is 0 Å². The number of methoxy groups -OCH3 is 2. The lowest BCUT2D eigenvalue weighted by Gasteiger charge is -2.37. The maximum absolute atomic E-state index is 13.5. The summed E-state index contributed by atoms with van der Waals surface area (Å²) in [5, 5.41) is 0. The van der Waals surface area contributed by atoms with Crippen LogP contribution in [0.1, 0.15) is 49.0 Å². The van der Waals surface area contributed by atoms with Gasteiger partial charge in [0.2, 0.25) is 5.75 Å². The van der Waals surface area contributed by atoms with Crippen LogP contribution in [0, 0.1) is 11.8 Å². The number of nitrogens with zero attached hydrogens (tertiary/aromatic N) is 1. The van der Waals surface area contributed by atoms with Crippen LogP contribution in [-0.2, 0) is 16.1 Å². The van der Waals surface area contributed by atoms with Crippen molar-refractivity contribution in [2.75, 3.05) is 40.5 Å². The molecule has 2 aromatic carbocycles. The predicted octanol–water partition coefficient (Wildman–Crippen LogP) is 4.77. The summed E-state index contributed by atoms with van der Waals surface area (Å²) in [5.41, 5.74) is 1.46. The summed E-state index contributed by atoms with van der Waals surface area (Å²) in [6, 6.07) is 13.3. The van der Waals surface area contributed by atoms with Crippen LogP contribution < -0.4 is 14.2 Å². The van der Waals surface area contributed by atoms with Crippen molar-refractivity contribution in [1.82, 2.24) is 4.90 Å². The first-order valence-corrected chi connectivity index (χ1v) is 12.3. The Balaban J connectivity index is 1.74. The normalized spacial score (nSPS) is 18.1. The van der Waals surface area contributed by atoms with Gasteiger partial charge in [0.25, 0.3) is 0 Å². The van der Waals surface area contributed by atoms with Gasteiger partial charge in [-0.3, -0.25) is 14.5 Å². The fraction of sp³-hybridized carbons (Fsp3) is 0.500. The number of carbonyl (C=O) groups excluding carboxylic acids is 2. The lowest BCUT2D eigenvalue weighted by Crippen LogP contribution is -2.43. The van der Waals surface area contributed by atoms with E-state index >= 15 is 0 Å². The summed E-state index contributed by atoms with van der Waals surface area (Å²) in [6.45, 7) is 6.50. The molecule has 1 aliphatic rings. The third kappa shape index (κ3) is 6.98. The van der Waals surface area contributed by atoms with Crippen LogP contribution in [0.25, 0.3) is 0 Å². The van der Waals surface area contributed by atoms with Crippen LogP contribution in [0.5, 0.6) is 17.2 Å². The second-order valence-electron chi connectivity index (χ2n) is 8.84. The molecule has 190 valence electrons. The molecular weight excluding hydrogens is 446 g/mol. The minimum absolute atomic E-state index is 0.0345. The van der Waals surface area contributed by atoms with Crippen LogP contribution in [0.4, 0.5) is 0 Å². The first-order chi connectivity index (χ1) is 17.0. The first kappa shape index (κ1) is 26.5. The fourth-order valence-corrected chi connectivity index (χ4v) is 4.74. The number of ketones is 1. The molecule has 7 nitrogen and oxygen atoms in total. The number of Topliss-reactive ketones (excluding diaryl/α,β-unsaturated/α-hetero) is 1. The molecule has 3 rings (SSSR count).